The highest BCUT2D eigenvalue weighted by Crippen LogP contribution is 2.65. The van der Waals surface area contributed by atoms with Gasteiger partial charge in [-0.05, 0) is 36.5 Å². The lowest BCUT2D eigenvalue weighted by molar-refractivity contribution is -0.140. The Morgan fingerprint density at radius 3 is 2.48 bits per heavy atom. The zero-order valence-electron chi connectivity index (χ0n) is 17.2. The van der Waals surface area contributed by atoms with E-state index in [1.165, 1.54) is 13.1 Å². The summed E-state index contributed by atoms with van der Waals surface area (Å²) in [5, 5.41) is 9.70. The number of likely N-dealkylation sites (tertiary alicyclic amines) is 2. The number of hydrogen-bond acceptors (Lipinski definition) is 5. The highest BCUT2D eigenvalue weighted by atomic mass is 79.9. The maximum absolute atomic E-state index is 14.4. The van der Waals surface area contributed by atoms with Gasteiger partial charge in [0.25, 0.3) is 11.8 Å². The first-order valence-corrected chi connectivity index (χ1v) is 12.2. The Morgan fingerprint density at radius 1 is 1.15 bits per heavy atom. The summed E-state index contributed by atoms with van der Waals surface area (Å²) in [4.78, 5) is 50.6. The number of aromatic hydroxyl groups is 1. The molecule has 2 aliphatic carbocycles. The van der Waals surface area contributed by atoms with E-state index < -0.39 is 56.8 Å². The summed E-state index contributed by atoms with van der Waals surface area (Å²) in [7, 11) is 1.41. The quantitative estimate of drug-likeness (QED) is 0.260. The van der Waals surface area contributed by atoms with Crippen molar-refractivity contribution >= 4 is 62.8 Å². The maximum Gasteiger partial charge on any atom is 0.254 e. The Balaban J connectivity index is 1.76. The summed E-state index contributed by atoms with van der Waals surface area (Å²) in [6.07, 6.45) is 1.89. The van der Waals surface area contributed by atoms with E-state index >= 15 is 0 Å². The number of carbonyl (C=O) groups is 4. The molecule has 0 spiro atoms. The van der Waals surface area contributed by atoms with E-state index in [1.807, 2.05) is 0 Å². The van der Waals surface area contributed by atoms with Gasteiger partial charge in [0.2, 0.25) is 11.8 Å². The molecule has 0 radical (unpaired) electrons. The van der Waals surface area contributed by atoms with Gasteiger partial charge in [0.1, 0.15) is 0 Å². The van der Waals surface area contributed by atoms with E-state index in [2.05, 4.69) is 15.9 Å². The molecule has 1 aromatic rings. The van der Waals surface area contributed by atoms with Crippen molar-refractivity contribution in [1.82, 2.24) is 9.80 Å². The van der Waals surface area contributed by atoms with Crippen molar-refractivity contribution in [3.63, 3.8) is 0 Å². The molecule has 33 heavy (non-hydrogen) atoms. The molecule has 0 bridgehead atoms. The summed E-state index contributed by atoms with van der Waals surface area (Å²) in [5.41, 5.74) is 0.671. The smallest absolute Gasteiger partial charge is 0.254 e. The van der Waals surface area contributed by atoms with Crippen LogP contribution in [0.25, 0.3) is 0 Å². The molecule has 11 heteroatoms. The summed E-state index contributed by atoms with van der Waals surface area (Å²) in [5.74, 6) is -6.71. The van der Waals surface area contributed by atoms with Crippen molar-refractivity contribution in [2.45, 2.75) is 28.5 Å². The van der Waals surface area contributed by atoms with E-state index in [0.29, 0.717) is 5.57 Å². The molecule has 6 unspecified atom stereocenters. The molecule has 2 aliphatic heterocycles. The number of amides is 4. The molecule has 3 fully saturated rings. The van der Waals surface area contributed by atoms with E-state index in [4.69, 9.17) is 23.2 Å². The lowest BCUT2D eigenvalue weighted by Crippen LogP contribution is -2.60. The highest BCUT2D eigenvalue weighted by Gasteiger charge is 2.76. The van der Waals surface area contributed by atoms with Gasteiger partial charge < -0.3 is 5.11 Å². The number of fused-ring (bicyclic) bond motifs is 4. The van der Waals surface area contributed by atoms with Crippen molar-refractivity contribution < 1.29 is 28.7 Å². The van der Waals surface area contributed by atoms with E-state index in [-0.39, 0.29) is 35.7 Å². The van der Waals surface area contributed by atoms with Gasteiger partial charge in [-0.3, -0.25) is 29.0 Å². The van der Waals surface area contributed by atoms with Crippen LogP contribution in [0.3, 0.4) is 0 Å². The number of hydrogen-bond donors (Lipinski definition) is 1. The molecule has 174 valence electrons. The van der Waals surface area contributed by atoms with Crippen LogP contribution in [0.15, 0.2) is 29.8 Å². The molecule has 7 nitrogen and oxygen atoms in total. The molecular weight excluding hydrogens is 542 g/mol. The van der Waals surface area contributed by atoms with Crippen molar-refractivity contribution in [3.05, 3.63) is 41.2 Å². The van der Waals surface area contributed by atoms with Crippen LogP contribution in [0.1, 0.15) is 24.3 Å². The van der Waals surface area contributed by atoms with Gasteiger partial charge in [-0.15, -0.1) is 23.2 Å². The average Bonchev–Trinajstić information content (AvgIpc) is 3.09. The fraction of sp³-hybridized carbons (Fsp3) is 0.455. The molecule has 2 heterocycles. The van der Waals surface area contributed by atoms with Gasteiger partial charge in [0, 0.05) is 13.0 Å². The van der Waals surface area contributed by atoms with Crippen LogP contribution in [0.5, 0.6) is 5.75 Å². The minimum Gasteiger partial charge on any atom is -0.505 e. The summed E-state index contributed by atoms with van der Waals surface area (Å²) in [6.45, 7) is 0. The third-order valence-electron chi connectivity index (χ3n) is 7.54. The molecule has 2 saturated heterocycles. The standard InChI is InChI=1S/C22H18BrCl2FN2O5/c1-27-17(30)11-4-3-10-12(15(11)18(27)31)7-21(24)19(32)28(8-23)20(33)22(21,25)16(10)9-2-5-14(29)13(26)6-9/h2-3,5-6,11-12,15-16,29H,4,7-8H2,1H3. The van der Waals surface area contributed by atoms with E-state index in [9.17, 15) is 28.7 Å². The van der Waals surface area contributed by atoms with Gasteiger partial charge in [0.05, 0.1) is 17.3 Å². The van der Waals surface area contributed by atoms with Gasteiger partial charge in [-0.25, -0.2) is 4.39 Å². The fourth-order valence-corrected chi connectivity index (χ4v) is 7.41. The number of phenolic OH excluding ortho intramolecular Hbond substituents is 1. The van der Waals surface area contributed by atoms with Crippen LogP contribution in [0.4, 0.5) is 4.39 Å². The zero-order valence-corrected chi connectivity index (χ0v) is 20.3. The van der Waals surface area contributed by atoms with Crippen LogP contribution in [0, 0.1) is 23.6 Å². The van der Waals surface area contributed by atoms with Gasteiger partial charge in [-0.2, -0.15) is 0 Å². The van der Waals surface area contributed by atoms with E-state index in [0.717, 1.165) is 21.9 Å². The number of nitrogens with zero attached hydrogens (tertiary/aromatic N) is 2. The van der Waals surface area contributed by atoms with Gasteiger partial charge in [-0.1, -0.05) is 33.6 Å². The Morgan fingerprint density at radius 2 is 1.85 bits per heavy atom. The summed E-state index contributed by atoms with van der Waals surface area (Å²) >= 11 is 17.1. The SMILES string of the molecule is CN1C(=O)C2CC=C3C(CC4(Cl)C(=O)N(CBr)C(=O)C4(Cl)C3c3ccc(O)c(F)c3)C2C1=O. The number of allylic oxidation sites excluding steroid dienone is 2. The molecule has 0 aromatic heterocycles. The van der Waals surface area contributed by atoms with Crippen molar-refractivity contribution in [1.29, 1.82) is 0 Å². The molecular formula is C22H18BrCl2FN2O5. The van der Waals surface area contributed by atoms with Crippen molar-refractivity contribution in [3.8, 4) is 5.75 Å². The van der Waals surface area contributed by atoms with Crippen LogP contribution < -0.4 is 0 Å². The third-order valence-corrected chi connectivity index (χ3v) is 9.46. The number of halogens is 4. The summed E-state index contributed by atoms with van der Waals surface area (Å²) < 4.78 is 14.4. The lowest BCUT2D eigenvalue weighted by atomic mass is 9.56. The fourth-order valence-electron chi connectivity index (χ4n) is 5.99. The van der Waals surface area contributed by atoms with Crippen LogP contribution in [0.2, 0.25) is 0 Å². The first-order valence-electron chi connectivity index (χ1n) is 10.3. The van der Waals surface area contributed by atoms with Crippen LogP contribution >= 0.6 is 39.1 Å². The molecule has 1 saturated carbocycles. The predicted molar refractivity (Wildman–Crippen MR) is 119 cm³/mol. The first-order chi connectivity index (χ1) is 15.5. The predicted octanol–water partition coefficient (Wildman–Crippen LogP) is 2.87. The number of phenols is 1. The molecule has 6 atom stereocenters. The molecule has 4 amide bonds. The minimum absolute atomic E-state index is 0.122. The average molecular weight is 560 g/mol. The Labute approximate surface area is 206 Å². The third kappa shape index (κ3) is 2.67. The van der Waals surface area contributed by atoms with E-state index in [1.54, 1.807) is 6.08 Å². The summed E-state index contributed by atoms with van der Waals surface area (Å²) in [6, 6.07) is 3.61. The second kappa shape index (κ2) is 7.26. The first kappa shape index (κ1) is 22.8. The Bertz CT molecular complexity index is 1180. The topological polar surface area (TPSA) is 95.0 Å². The Kier molecular flexibility index (Phi) is 5.02. The van der Waals surface area contributed by atoms with Crippen LogP contribution in [-0.2, 0) is 19.2 Å². The van der Waals surface area contributed by atoms with Gasteiger partial charge in [0.15, 0.2) is 21.3 Å². The minimum atomic E-state index is -1.99. The number of rotatable bonds is 2. The maximum atomic E-state index is 14.4. The largest absolute Gasteiger partial charge is 0.505 e. The number of benzene rings is 1. The number of imide groups is 2. The number of alkyl halides is 3. The number of carbonyl (C=O) groups excluding carboxylic acids is 4. The monoisotopic (exact) mass is 558 g/mol. The molecule has 1 N–H and O–H groups in total. The van der Waals surface area contributed by atoms with Gasteiger partial charge >= 0.3 is 0 Å². The van der Waals surface area contributed by atoms with Crippen molar-refractivity contribution in [2.75, 3.05) is 12.5 Å². The second-order valence-electron chi connectivity index (χ2n) is 8.93. The van der Waals surface area contributed by atoms with Crippen molar-refractivity contribution in [2.24, 2.45) is 17.8 Å². The zero-order chi connectivity index (χ0) is 24.0. The molecule has 1 aromatic carbocycles. The highest BCUT2D eigenvalue weighted by molar-refractivity contribution is 9.09. The lowest BCUT2D eigenvalue weighted by Gasteiger charge is -2.50. The normalized spacial score (nSPS) is 37.8. The molecule has 5 rings (SSSR count). The Hall–Kier alpha value is -1.97. The molecule has 4 aliphatic rings. The second-order valence-corrected chi connectivity index (χ2v) is 10.7. The van der Waals surface area contributed by atoms with Crippen LogP contribution in [-0.4, -0.2) is 60.8 Å².